The van der Waals surface area contributed by atoms with Crippen LogP contribution in [0.4, 0.5) is 24.5 Å². The van der Waals surface area contributed by atoms with Gasteiger partial charge in [-0.2, -0.15) is 4.39 Å². The van der Waals surface area contributed by atoms with Crippen LogP contribution in [0.3, 0.4) is 0 Å². The summed E-state index contributed by atoms with van der Waals surface area (Å²) in [5.74, 6) is 0.909. The predicted molar refractivity (Wildman–Crippen MR) is 172 cm³/mol. The van der Waals surface area contributed by atoms with Crippen LogP contribution in [0.1, 0.15) is 37.8 Å². The van der Waals surface area contributed by atoms with E-state index in [1.54, 1.807) is 19.2 Å². The van der Waals surface area contributed by atoms with Gasteiger partial charge in [0.25, 0.3) is 0 Å². The smallest absolute Gasteiger partial charge is 0.441 e. The molecule has 0 aromatic heterocycles. The van der Waals surface area contributed by atoms with Gasteiger partial charge in [-0.15, -0.1) is 8.78 Å². The van der Waals surface area contributed by atoms with Crippen LogP contribution in [-0.4, -0.2) is 75.9 Å². The molecule has 2 fully saturated rings. The summed E-state index contributed by atoms with van der Waals surface area (Å²) in [5.41, 5.74) is 5.85. The Kier molecular flexibility index (Phi) is 6.95. The van der Waals surface area contributed by atoms with Gasteiger partial charge in [0.2, 0.25) is 0 Å². The number of rotatable bonds is 2. The minimum Gasteiger partial charge on any atom is -0.441 e. The third-order valence-electron chi connectivity index (χ3n) is 10.8. The van der Waals surface area contributed by atoms with E-state index in [1.165, 1.54) is 28.7 Å². The van der Waals surface area contributed by atoms with E-state index >= 15 is 0 Å². The molecule has 9 heteroatoms. The zero-order valence-corrected chi connectivity index (χ0v) is 26.7. The molecule has 6 nitrogen and oxygen atoms in total. The molecule has 2 saturated heterocycles. The third kappa shape index (κ3) is 4.61. The number of benzene rings is 2. The fourth-order valence-corrected chi connectivity index (χ4v) is 7.98. The number of likely N-dealkylation sites (tertiary alicyclic amines) is 2. The van der Waals surface area contributed by atoms with Gasteiger partial charge in [0.1, 0.15) is 5.75 Å². The number of fused-ring (bicyclic) bond motifs is 4. The average molecular weight is 619 g/mol. The molecule has 0 amide bonds. The van der Waals surface area contributed by atoms with E-state index in [9.17, 15) is 13.2 Å². The van der Waals surface area contributed by atoms with Gasteiger partial charge < -0.3 is 14.4 Å². The van der Waals surface area contributed by atoms with Gasteiger partial charge in [-0.3, -0.25) is 14.7 Å². The van der Waals surface area contributed by atoms with Gasteiger partial charge in [-0.1, -0.05) is 59.7 Å². The lowest BCUT2D eigenvalue weighted by Gasteiger charge is -2.36. The zero-order chi connectivity index (χ0) is 31.9. The first kappa shape index (κ1) is 30.0. The highest BCUT2D eigenvalue weighted by Crippen LogP contribution is 2.50. The maximum Gasteiger partial charge on any atom is 0.496 e. The monoisotopic (exact) mass is 618 g/mol. The number of hydrogen-bond acceptors (Lipinski definition) is 6. The fraction of sp³-hybridized carbons (Fsp3) is 0.444. The molecule has 6 aliphatic rings. The largest absolute Gasteiger partial charge is 0.496 e. The zero-order valence-electron chi connectivity index (χ0n) is 26.7. The second kappa shape index (κ2) is 10.4. The van der Waals surface area contributed by atoms with E-state index in [2.05, 4.69) is 80.3 Å². The summed E-state index contributed by atoms with van der Waals surface area (Å²) in [6.07, 6.45) is 12.3. The van der Waals surface area contributed by atoms with Crippen LogP contribution < -0.4 is 19.3 Å². The van der Waals surface area contributed by atoms with Crippen molar-refractivity contribution < 1.29 is 22.6 Å². The lowest BCUT2D eigenvalue weighted by molar-refractivity contribution is -0.159. The van der Waals surface area contributed by atoms with Crippen LogP contribution in [0.5, 0.6) is 11.5 Å². The second-order valence-electron chi connectivity index (χ2n) is 13.5. The summed E-state index contributed by atoms with van der Waals surface area (Å²) in [5, 5.41) is 0. The van der Waals surface area contributed by atoms with E-state index in [4.69, 9.17) is 9.47 Å². The molecule has 8 rings (SSSR count). The average Bonchev–Trinajstić information content (AvgIpc) is 3.69. The van der Waals surface area contributed by atoms with Gasteiger partial charge in [-0.25, -0.2) is 0 Å². The first-order valence-corrected chi connectivity index (χ1v) is 15.6. The molecule has 2 aromatic carbocycles. The van der Waals surface area contributed by atoms with E-state index in [0.29, 0.717) is 17.5 Å². The Morgan fingerprint density at radius 2 is 1.24 bits per heavy atom. The predicted octanol–water partition coefficient (Wildman–Crippen LogP) is 6.75. The molecule has 238 valence electrons. The van der Waals surface area contributed by atoms with Crippen molar-refractivity contribution in [1.29, 1.82) is 0 Å². The van der Waals surface area contributed by atoms with Crippen molar-refractivity contribution in [2.75, 3.05) is 51.1 Å². The molecule has 0 bridgehead atoms. The van der Waals surface area contributed by atoms with Crippen molar-refractivity contribution in [3.05, 3.63) is 95.1 Å². The van der Waals surface area contributed by atoms with Gasteiger partial charge in [0.15, 0.2) is 5.75 Å². The summed E-state index contributed by atoms with van der Waals surface area (Å²) in [7, 11) is 7.35. The summed E-state index contributed by atoms with van der Waals surface area (Å²) in [6.45, 7) is 4.89. The van der Waals surface area contributed by atoms with Crippen molar-refractivity contribution in [3.8, 4) is 11.5 Å². The molecule has 4 heterocycles. The number of ether oxygens (including phenoxy) is 2. The Morgan fingerprint density at radius 1 is 0.733 bits per heavy atom. The van der Waals surface area contributed by atoms with Crippen molar-refractivity contribution in [3.63, 3.8) is 0 Å². The van der Waals surface area contributed by atoms with E-state index in [1.807, 2.05) is 18.2 Å². The van der Waals surface area contributed by atoms with Gasteiger partial charge >= 0.3 is 12.7 Å². The molecule has 1 unspecified atom stereocenters. The Labute approximate surface area is 263 Å². The molecular formula is C36H41F3N4O2. The number of hydrogen-bond donors (Lipinski definition) is 0. The van der Waals surface area contributed by atoms with Gasteiger partial charge in [0, 0.05) is 37.0 Å². The summed E-state index contributed by atoms with van der Waals surface area (Å²) < 4.78 is 51.5. The van der Waals surface area contributed by atoms with E-state index in [0.717, 1.165) is 42.1 Å². The van der Waals surface area contributed by atoms with Crippen LogP contribution in [0.15, 0.2) is 84.0 Å². The van der Waals surface area contributed by atoms with Crippen molar-refractivity contribution in [2.24, 2.45) is 0 Å². The number of likely N-dealkylation sites (N-methyl/N-ethyl adjacent to an activating group) is 2. The van der Waals surface area contributed by atoms with Crippen LogP contribution in [0.25, 0.3) is 0 Å². The molecule has 2 aliphatic carbocycles. The first-order valence-electron chi connectivity index (χ1n) is 15.6. The number of halogens is 3. The van der Waals surface area contributed by atoms with E-state index in [-0.39, 0.29) is 22.6 Å². The number of allylic oxidation sites excluding steroid dienone is 4. The lowest BCUT2D eigenvalue weighted by atomic mass is 9.71. The quantitative estimate of drug-likeness (QED) is 0.347. The highest BCUT2D eigenvalue weighted by molar-refractivity contribution is 5.65. The molecular weight excluding hydrogens is 577 g/mol. The molecule has 5 atom stereocenters. The maximum absolute atomic E-state index is 13.8. The van der Waals surface area contributed by atoms with Gasteiger partial charge in [-0.05, 0) is 89.3 Å². The highest BCUT2D eigenvalue weighted by atomic mass is 19.3. The molecule has 45 heavy (non-hydrogen) atoms. The standard InChI is InChI=1S/C18H20F2N2O.C18H21FN2O/c1-12-6-7-17(8-9-21(2)16(17)10-12)13-4-5-14-15(11-13)23-18(19,20)22(14)3;1-12-6-7-18(8-9-20(2)16(18)10-12)13-4-5-14-15(11-13)22-17(19)21(14)3/h4-7,10-11,16H,8-9H2,1-3H3;4-7,10-11,16-17H,8-9H2,1-3H3/t16-,17-;16-,17?,18-/m00/s1. The van der Waals surface area contributed by atoms with E-state index < -0.39 is 12.7 Å². The van der Waals surface area contributed by atoms with Crippen LogP contribution in [-0.2, 0) is 10.8 Å². The van der Waals surface area contributed by atoms with Crippen LogP contribution in [0, 0.1) is 0 Å². The second-order valence-corrected chi connectivity index (χ2v) is 13.5. The Balaban J connectivity index is 0.000000145. The minimum absolute atomic E-state index is 0.0282. The molecule has 0 spiro atoms. The SMILES string of the molecule is CC1=C[C@@H]2N(C)CC[C@]2(c2ccc3c(c2)OC(F)(F)N3C)C=C1.CC1=C[C@@H]2N(C)CC[C@]2(c2ccc3c(c2)OC(F)N3C)C=C1. The highest BCUT2D eigenvalue weighted by Gasteiger charge is 2.49. The Morgan fingerprint density at radius 3 is 1.80 bits per heavy atom. The lowest BCUT2D eigenvalue weighted by Crippen LogP contribution is -2.39. The van der Waals surface area contributed by atoms with Crippen molar-refractivity contribution >= 4 is 11.4 Å². The topological polar surface area (TPSA) is 31.4 Å². The molecule has 4 aliphatic heterocycles. The fourth-order valence-electron chi connectivity index (χ4n) is 7.98. The Hall–Kier alpha value is -3.69. The summed E-state index contributed by atoms with van der Waals surface area (Å²) in [4.78, 5) is 7.12. The number of anilines is 2. The first-order chi connectivity index (χ1) is 21.3. The summed E-state index contributed by atoms with van der Waals surface area (Å²) in [6, 6.07) is 12.2. The molecule has 0 radical (unpaired) electrons. The molecule has 0 saturated carbocycles. The third-order valence-corrected chi connectivity index (χ3v) is 10.8. The van der Waals surface area contributed by atoms with Crippen molar-refractivity contribution in [1.82, 2.24) is 9.80 Å². The normalized spacial score (nSPS) is 32.5. The Bertz CT molecular complexity index is 1650. The molecule has 0 N–H and O–H groups in total. The maximum atomic E-state index is 13.8. The number of nitrogens with zero attached hydrogens (tertiary/aromatic N) is 4. The molecule has 2 aromatic rings. The van der Waals surface area contributed by atoms with Gasteiger partial charge in [0.05, 0.1) is 11.4 Å². The van der Waals surface area contributed by atoms with Crippen LogP contribution >= 0.6 is 0 Å². The van der Waals surface area contributed by atoms with Crippen molar-refractivity contribution in [2.45, 2.75) is 62.3 Å². The van der Waals surface area contributed by atoms with Crippen LogP contribution in [0.2, 0.25) is 0 Å². The summed E-state index contributed by atoms with van der Waals surface area (Å²) >= 11 is 0. The minimum atomic E-state index is -3.27. The number of alkyl halides is 3.